The monoisotopic (exact) mass is 352 g/mol. The van der Waals surface area contributed by atoms with Crippen molar-refractivity contribution in [3.63, 3.8) is 0 Å². The van der Waals surface area contributed by atoms with E-state index in [0.717, 1.165) is 56.8 Å². The number of pyridine rings is 1. The molecule has 0 atom stereocenters. The molecule has 2 saturated heterocycles. The fourth-order valence-electron chi connectivity index (χ4n) is 3.93. The second-order valence-corrected chi connectivity index (χ2v) is 7.43. The van der Waals surface area contributed by atoms with Gasteiger partial charge in [0.15, 0.2) is 0 Å². The summed E-state index contributed by atoms with van der Waals surface area (Å²) in [6.07, 6.45) is 5.54. The Hall–Kier alpha value is -2.60. The number of phenolic OH excluding ortho intramolecular Hbond substituents is 1. The number of anilines is 1. The zero-order valence-electron chi connectivity index (χ0n) is 14.8. The van der Waals surface area contributed by atoms with Crippen molar-refractivity contribution in [2.75, 3.05) is 31.5 Å². The smallest absolute Gasteiger partial charge is 0.321 e. The van der Waals surface area contributed by atoms with Gasteiger partial charge >= 0.3 is 6.03 Å². The van der Waals surface area contributed by atoms with Gasteiger partial charge in [0.05, 0.1) is 11.9 Å². The predicted molar refractivity (Wildman–Crippen MR) is 99.9 cm³/mol. The third kappa shape index (κ3) is 3.51. The molecule has 0 radical (unpaired) electrons. The number of para-hydroxylation sites is 1. The highest BCUT2D eigenvalue weighted by Gasteiger charge is 2.46. The lowest BCUT2D eigenvalue weighted by atomic mass is 9.72. The van der Waals surface area contributed by atoms with Crippen LogP contribution < -0.4 is 5.32 Å². The van der Waals surface area contributed by atoms with Gasteiger partial charge in [-0.15, -0.1) is 0 Å². The van der Waals surface area contributed by atoms with Crippen LogP contribution in [0.4, 0.5) is 10.5 Å². The highest BCUT2D eigenvalue weighted by molar-refractivity contribution is 5.89. The van der Waals surface area contributed by atoms with Crippen LogP contribution in [0.15, 0.2) is 48.8 Å². The summed E-state index contributed by atoms with van der Waals surface area (Å²) >= 11 is 0. The number of likely N-dealkylation sites (tertiary alicyclic amines) is 2. The van der Waals surface area contributed by atoms with E-state index in [0.29, 0.717) is 5.75 Å². The van der Waals surface area contributed by atoms with Gasteiger partial charge in [-0.1, -0.05) is 18.2 Å². The molecule has 2 fully saturated rings. The Morgan fingerprint density at radius 3 is 2.62 bits per heavy atom. The number of carbonyl (C=O) groups excluding carboxylic acids is 1. The molecule has 2 aliphatic heterocycles. The number of amides is 2. The molecule has 26 heavy (non-hydrogen) atoms. The number of nitrogens with zero attached hydrogens (tertiary/aromatic N) is 3. The van der Waals surface area contributed by atoms with Crippen LogP contribution in [-0.2, 0) is 6.54 Å². The molecule has 1 spiro atoms. The van der Waals surface area contributed by atoms with E-state index in [-0.39, 0.29) is 11.4 Å². The van der Waals surface area contributed by atoms with E-state index in [9.17, 15) is 9.90 Å². The number of aromatic nitrogens is 1. The van der Waals surface area contributed by atoms with Crippen molar-refractivity contribution in [2.45, 2.75) is 19.4 Å². The molecule has 0 bridgehead atoms. The fraction of sp³-hybridized carbons (Fsp3) is 0.400. The molecule has 2 aliphatic rings. The lowest BCUT2D eigenvalue weighted by molar-refractivity contribution is -0.0201. The first-order chi connectivity index (χ1) is 12.6. The third-order valence-electron chi connectivity index (χ3n) is 5.55. The van der Waals surface area contributed by atoms with Crippen molar-refractivity contribution in [1.29, 1.82) is 0 Å². The second kappa shape index (κ2) is 6.96. The van der Waals surface area contributed by atoms with E-state index in [2.05, 4.69) is 15.2 Å². The number of carbonyl (C=O) groups is 1. The molecule has 3 heterocycles. The number of rotatable bonds is 3. The lowest BCUT2D eigenvalue weighted by Crippen LogP contribution is -2.62. The molecule has 2 aromatic rings. The van der Waals surface area contributed by atoms with Crippen LogP contribution in [0.25, 0.3) is 0 Å². The molecular formula is C20H24N4O2. The van der Waals surface area contributed by atoms with Crippen molar-refractivity contribution in [3.8, 4) is 5.75 Å². The van der Waals surface area contributed by atoms with Crippen molar-refractivity contribution in [3.05, 3.63) is 54.4 Å². The molecule has 6 nitrogen and oxygen atoms in total. The van der Waals surface area contributed by atoms with Crippen molar-refractivity contribution >= 4 is 11.7 Å². The Labute approximate surface area is 153 Å². The van der Waals surface area contributed by atoms with Gasteiger partial charge in [0.1, 0.15) is 5.75 Å². The third-order valence-corrected chi connectivity index (χ3v) is 5.55. The number of hydrogen-bond donors (Lipinski definition) is 2. The summed E-state index contributed by atoms with van der Waals surface area (Å²) in [5.74, 6) is 0.370. The summed E-state index contributed by atoms with van der Waals surface area (Å²) in [5, 5.41) is 12.8. The van der Waals surface area contributed by atoms with Crippen LogP contribution in [0.2, 0.25) is 0 Å². The van der Waals surface area contributed by atoms with Crippen molar-refractivity contribution < 1.29 is 9.90 Å². The molecule has 0 unspecified atom stereocenters. The maximum atomic E-state index is 12.3. The highest BCUT2D eigenvalue weighted by atomic mass is 16.3. The van der Waals surface area contributed by atoms with Crippen molar-refractivity contribution in [1.82, 2.24) is 14.8 Å². The van der Waals surface area contributed by atoms with Crippen LogP contribution in [0.1, 0.15) is 18.4 Å². The van der Waals surface area contributed by atoms with E-state index in [1.165, 1.54) is 0 Å². The largest absolute Gasteiger partial charge is 0.508 e. The maximum Gasteiger partial charge on any atom is 0.321 e. The number of hydrogen-bond acceptors (Lipinski definition) is 4. The molecule has 2 amide bonds. The first-order valence-corrected chi connectivity index (χ1v) is 9.09. The Bertz CT molecular complexity index is 764. The zero-order chi connectivity index (χ0) is 18.0. The zero-order valence-corrected chi connectivity index (χ0v) is 14.8. The van der Waals surface area contributed by atoms with Crippen LogP contribution in [0.5, 0.6) is 5.75 Å². The predicted octanol–water partition coefficient (Wildman–Crippen LogP) is 2.92. The average molecular weight is 352 g/mol. The minimum Gasteiger partial charge on any atom is -0.508 e. The van der Waals surface area contributed by atoms with Crippen LogP contribution in [0.3, 0.4) is 0 Å². The van der Waals surface area contributed by atoms with E-state index in [4.69, 9.17) is 0 Å². The SMILES string of the molecule is O=C(Nc1cccnc1)N1CC2(CCN(Cc3ccccc3O)CC2)C1. The van der Waals surface area contributed by atoms with Gasteiger partial charge in [0, 0.05) is 36.8 Å². The number of nitrogens with one attached hydrogen (secondary N) is 1. The Morgan fingerprint density at radius 1 is 1.15 bits per heavy atom. The number of aromatic hydroxyl groups is 1. The average Bonchev–Trinajstić information content (AvgIpc) is 2.63. The minimum absolute atomic E-state index is 0.0414. The van der Waals surface area contributed by atoms with Gasteiger partial charge in [-0.05, 0) is 44.1 Å². The van der Waals surface area contributed by atoms with E-state index in [1.807, 2.05) is 35.2 Å². The first-order valence-electron chi connectivity index (χ1n) is 9.09. The molecule has 1 aromatic heterocycles. The maximum absolute atomic E-state index is 12.3. The standard InChI is InChI=1S/C20H24N4O2/c25-18-6-2-1-4-16(18)13-23-10-7-20(8-11-23)14-24(15-20)19(26)22-17-5-3-9-21-12-17/h1-6,9,12,25H,7-8,10-11,13-15H2,(H,22,26). The minimum atomic E-state index is -0.0414. The molecule has 6 heteroatoms. The molecule has 2 N–H and O–H groups in total. The summed E-state index contributed by atoms with van der Waals surface area (Å²) in [7, 11) is 0. The molecule has 0 saturated carbocycles. The molecule has 136 valence electrons. The molecular weight excluding hydrogens is 328 g/mol. The molecule has 0 aliphatic carbocycles. The topological polar surface area (TPSA) is 68.7 Å². The van der Waals surface area contributed by atoms with Gasteiger partial charge in [-0.25, -0.2) is 4.79 Å². The summed E-state index contributed by atoms with van der Waals surface area (Å²) in [6.45, 7) is 4.44. The van der Waals surface area contributed by atoms with Gasteiger partial charge < -0.3 is 15.3 Å². The number of phenols is 1. The van der Waals surface area contributed by atoms with Gasteiger partial charge in [0.25, 0.3) is 0 Å². The molecule has 1 aromatic carbocycles. The summed E-state index contributed by atoms with van der Waals surface area (Å²) in [6, 6.07) is 11.2. The number of urea groups is 1. The van der Waals surface area contributed by atoms with Crippen LogP contribution in [0, 0.1) is 5.41 Å². The summed E-state index contributed by atoms with van der Waals surface area (Å²) < 4.78 is 0. The van der Waals surface area contributed by atoms with Crippen LogP contribution in [-0.4, -0.2) is 52.1 Å². The quantitative estimate of drug-likeness (QED) is 0.891. The fourth-order valence-corrected chi connectivity index (χ4v) is 3.93. The lowest BCUT2D eigenvalue weighted by Gasteiger charge is -2.53. The van der Waals surface area contributed by atoms with E-state index < -0.39 is 0 Å². The van der Waals surface area contributed by atoms with Gasteiger partial charge in [-0.3, -0.25) is 9.88 Å². The summed E-state index contributed by atoms with van der Waals surface area (Å²) in [5.41, 5.74) is 1.98. The first kappa shape index (κ1) is 16.8. The number of benzene rings is 1. The van der Waals surface area contributed by atoms with Crippen LogP contribution >= 0.6 is 0 Å². The van der Waals surface area contributed by atoms with E-state index >= 15 is 0 Å². The Morgan fingerprint density at radius 2 is 1.92 bits per heavy atom. The Kier molecular flexibility index (Phi) is 4.51. The number of piperidine rings is 1. The van der Waals surface area contributed by atoms with Gasteiger partial charge in [-0.2, -0.15) is 0 Å². The second-order valence-electron chi connectivity index (χ2n) is 7.43. The van der Waals surface area contributed by atoms with Gasteiger partial charge in [0.2, 0.25) is 0 Å². The Balaban J connectivity index is 1.26. The highest BCUT2D eigenvalue weighted by Crippen LogP contribution is 2.41. The normalized spacial score (nSPS) is 19.2. The van der Waals surface area contributed by atoms with E-state index in [1.54, 1.807) is 18.5 Å². The molecule has 4 rings (SSSR count). The van der Waals surface area contributed by atoms with Crippen molar-refractivity contribution in [2.24, 2.45) is 5.41 Å². The summed E-state index contributed by atoms with van der Waals surface area (Å²) in [4.78, 5) is 20.6.